The first kappa shape index (κ1) is 16.5. The zero-order valence-electron chi connectivity index (χ0n) is 15.4. The molecule has 0 aromatic carbocycles. The van der Waals surface area contributed by atoms with Gasteiger partial charge in [0.1, 0.15) is 6.04 Å². The first-order valence-electron chi connectivity index (χ1n) is 8.89. The number of hydrogen-bond acceptors (Lipinski definition) is 7. The monoisotopic (exact) mass is 346 g/mol. The molecule has 1 saturated carbocycles. The largest absolute Gasteiger partial charge is 0.481 e. The van der Waals surface area contributed by atoms with Gasteiger partial charge in [-0.15, -0.1) is 0 Å². The lowest BCUT2D eigenvalue weighted by Gasteiger charge is -2.37. The van der Waals surface area contributed by atoms with E-state index in [9.17, 15) is 0 Å². The van der Waals surface area contributed by atoms with Gasteiger partial charge in [0.25, 0.3) is 0 Å². The summed E-state index contributed by atoms with van der Waals surface area (Å²) in [6.45, 7) is 5.67. The minimum atomic E-state index is 0.136. The van der Waals surface area contributed by atoms with Crippen LogP contribution in [0.5, 0.6) is 5.88 Å². The summed E-state index contributed by atoms with van der Waals surface area (Å²) < 4.78 is 12.9. The predicted molar refractivity (Wildman–Crippen MR) is 91.4 cm³/mol. The summed E-state index contributed by atoms with van der Waals surface area (Å²) in [5.41, 5.74) is 2.17. The van der Waals surface area contributed by atoms with E-state index in [1.54, 1.807) is 11.8 Å². The van der Waals surface area contributed by atoms with Crippen molar-refractivity contribution < 1.29 is 9.26 Å². The first-order valence-corrected chi connectivity index (χ1v) is 8.89. The van der Waals surface area contributed by atoms with E-state index in [0.717, 1.165) is 55.0 Å². The molecule has 2 fully saturated rings. The summed E-state index contributed by atoms with van der Waals surface area (Å²) in [5, 5.41) is 8.66. The Morgan fingerprint density at radius 2 is 2.04 bits per heavy atom. The van der Waals surface area contributed by atoms with Crippen molar-refractivity contribution in [1.82, 2.24) is 29.7 Å². The zero-order chi connectivity index (χ0) is 17.6. The van der Waals surface area contributed by atoms with Crippen molar-refractivity contribution >= 4 is 0 Å². The average Bonchev–Trinajstić information content (AvgIpc) is 3.26. The van der Waals surface area contributed by atoms with Gasteiger partial charge in [0.05, 0.1) is 18.4 Å². The molecule has 1 aliphatic heterocycles. The van der Waals surface area contributed by atoms with E-state index in [4.69, 9.17) is 9.26 Å². The summed E-state index contributed by atoms with van der Waals surface area (Å²) in [5.74, 6) is 2.97. The van der Waals surface area contributed by atoms with Crippen molar-refractivity contribution in [2.75, 3.05) is 33.8 Å². The van der Waals surface area contributed by atoms with Crippen molar-refractivity contribution in [1.29, 1.82) is 0 Å². The lowest BCUT2D eigenvalue weighted by molar-refractivity contribution is 0.0708. The van der Waals surface area contributed by atoms with Crippen LogP contribution in [0.2, 0.25) is 0 Å². The van der Waals surface area contributed by atoms with E-state index in [1.165, 1.54) is 12.8 Å². The quantitative estimate of drug-likeness (QED) is 0.812. The fourth-order valence-electron chi connectivity index (χ4n) is 3.57. The first-order chi connectivity index (χ1) is 12.1. The molecule has 2 aromatic rings. The van der Waals surface area contributed by atoms with Gasteiger partial charge in [0, 0.05) is 39.1 Å². The van der Waals surface area contributed by atoms with Gasteiger partial charge >= 0.3 is 0 Å². The molecule has 4 rings (SSSR count). The fourth-order valence-corrected chi connectivity index (χ4v) is 3.57. The van der Waals surface area contributed by atoms with Crippen LogP contribution in [0.4, 0.5) is 0 Å². The second-order valence-corrected chi connectivity index (χ2v) is 7.19. The topological polar surface area (TPSA) is 72.5 Å². The van der Waals surface area contributed by atoms with E-state index in [-0.39, 0.29) is 6.04 Å². The minimum absolute atomic E-state index is 0.136. The molecule has 0 N–H and O–H groups in total. The van der Waals surface area contributed by atoms with Crippen LogP contribution in [0.25, 0.3) is 0 Å². The van der Waals surface area contributed by atoms with Gasteiger partial charge in [-0.2, -0.15) is 10.1 Å². The maximum atomic E-state index is 5.58. The maximum Gasteiger partial charge on any atom is 0.245 e. The molecule has 3 heterocycles. The van der Waals surface area contributed by atoms with Crippen molar-refractivity contribution in [3.63, 3.8) is 0 Å². The molecule has 2 aromatic heterocycles. The number of piperazine rings is 1. The number of rotatable bonds is 5. The third-order valence-electron chi connectivity index (χ3n) is 5.28. The molecule has 0 bridgehead atoms. The number of likely N-dealkylation sites (N-methyl/N-ethyl adjacent to an activating group) is 1. The number of hydrogen-bond donors (Lipinski definition) is 0. The second-order valence-electron chi connectivity index (χ2n) is 7.19. The molecular formula is C17H26N6O2. The van der Waals surface area contributed by atoms with Crippen LogP contribution in [-0.2, 0) is 13.6 Å². The number of ether oxygens (including phenoxy) is 1. The summed E-state index contributed by atoms with van der Waals surface area (Å²) >= 11 is 0. The third-order valence-corrected chi connectivity index (χ3v) is 5.28. The Labute approximate surface area is 147 Å². The van der Waals surface area contributed by atoms with Gasteiger partial charge in [0.2, 0.25) is 11.8 Å². The highest BCUT2D eigenvalue weighted by atomic mass is 16.5. The van der Waals surface area contributed by atoms with E-state index >= 15 is 0 Å². The van der Waals surface area contributed by atoms with Gasteiger partial charge in [0.15, 0.2) is 5.82 Å². The summed E-state index contributed by atoms with van der Waals surface area (Å²) in [7, 11) is 5.74. The molecule has 0 amide bonds. The second kappa shape index (κ2) is 6.42. The molecule has 0 spiro atoms. The molecule has 0 unspecified atom stereocenters. The Balaban J connectivity index is 1.50. The van der Waals surface area contributed by atoms with Crippen LogP contribution < -0.4 is 4.74 Å². The van der Waals surface area contributed by atoms with E-state index < -0.39 is 0 Å². The molecule has 2 aliphatic rings. The van der Waals surface area contributed by atoms with Crippen LogP contribution in [0, 0.1) is 6.92 Å². The van der Waals surface area contributed by atoms with Crippen molar-refractivity contribution in [2.45, 2.75) is 38.3 Å². The SMILES string of the molecule is COc1c(CN2CCN(C)[C@@H](c3nc(C4CC4)no3)C2)c(C)nn1C. The highest BCUT2D eigenvalue weighted by molar-refractivity contribution is 5.30. The van der Waals surface area contributed by atoms with E-state index in [0.29, 0.717) is 5.92 Å². The molecule has 25 heavy (non-hydrogen) atoms. The molecule has 1 aliphatic carbocycles. The summed E-state index contributed by atoms with van der Waals surface area (Å²) in [6.07, 6.45) is 2.37. The lowest BCUT2D eigenvalue weighted by atomic mass is 10.1. The van der Waals surface area contributed by atoms with Crippen LogP contribution in [0.15, 0.2) is 4.52 Å². The summed E-state index contributed by atoms with van der Waals surface area (Å²) in [6, 6.07) is 0.136. The molecule has 1 atom stereocenters. The third kappa shape index (κ3) is 3.16. The summed E-state index contributed by atoms with van der Waals surface area (Å²) in [4.78, 5) is 9.37. The Bertz CT molecular complexity index is 750. The Kier molecular flexibility index (Phi) is 4.24. The average molecular weight is 346 g/mol. The molecular weight excluding hydrogens is 320 g/mol. The Morgan fingerprint density at radius 1 is 1.24 bits per heavy atom. The van der Waals surface area contributed by atoms with Crippen LogP contribution in [0.3, 0.4) is 0 Å². The molecule has 8 heteroatoms. The van der Waals surface area contributed by atoms with Crippen LogP contribution >= 0.6 is 0 Å². The highest BCUT2D eigenvalue weighted by Gasteiger charge is 2.34. The number of methoxy groups -OCH3 is 1. The zero-order valence-corrected chi connectivity index (χ0v) is 15.4. The Hall–Kier alpha value is -1.93. The molecule has 1 saturated heterocycles. The number of aromatic nitrogens is 4. The van der Waals surface area contributed by atoms with Gasteiger partial charge in [-0.3, -0.25) is 9.80 Å². The lowest BCUT2D eigenvalue weighted by Crippen LogP contribution is -2.46. The predicted octanol–water partition coefficient (Wildman–Crippen LogP) is 1.49. The van der Waals surface area contributed by atoms with Gasteiger partial charge in [-0.25, -0.2) is 4.68 Å². The number of aryl methyl sites for hydroxylation is 2. The fraction of sp³-hybridized carbons (Fsp3) is 0.706. The van der Waals surface area contributed by atoms with Crippen LogP contribution in [0.1, 0.15) is 47.8 Å². The standard InChI is InChI=1S/C17H26N6O2/c1-11-13(17(24-4)22(3)19-11)9-23-8-7-21(2)14(10-23)16-18-15(20-25-16)12-5-6-12/h12,14H,5-10H2,1-4H3/t14-/m1/s1. The van der Waals surface area contributed by atoms with Crippen LogP contribution in [-0.4, -0.2) is 63.5 Å². The van der Waals surface area contributed by atoms with Gasteiger partial charge in [-0.05, 0) is 26.8 Å². The normalized spacial score (nSPS) is 22.5. The molecule has 136 valence electrons. The van der Waals surface area contributed by atoms with Crippen molar-refractivity contribution in [3.05, 3.63) is 23.0 Å². The van der Waals surface area contributed by atoms with E-state index in [1.807, 2.05) is 14.0 Å². The van der Waals surface area contributed by atoms with Gasteiger partial charge < -0.3 is 9.26 Å². The maximum absolute atomic E-state index is 5.58. The van der Waals surface area contributed by atoms with E-state index in [2.05, 4.69) is 32.1 Å². The smallest absolute Gasteiger partial charge is 0.245 e. The minimum Gasteiger partial charge on any atom is -0.481 e. The number of nitrogens with zero attached hydrogens (tertiary/aromatic N) is 6. The Morgan fingerprint density at radius 3 is 2.76 bits per heavy atom. The van der Waals surface area contributed by atoms with Crippen molar-refractivity contribution in [2.24, 2.45) is 7.05 Å². The van der Waals surface area contributed by atoms with Crippen molar-refractivity contribution in [3.8, 4) is 5.88 Å². The molecule has 0 radical (unpaired) electrons. The molecule has 8 nitrogen and oxygen atoms in total. The highest BCUT2D eigenvalue weighted by Crippen LogP contribution is 2.39. The van der Waals surface area contributed by atoms with Gasteiger partial charge in [-0.1, -0.05) is 5.16 Å².